The Labute approximate surface area is 256 Å². The molecule has 1 N–H and O–H groups in total. The third kappa shape index (κ3) is 4.26. The van der Waals surface area contributed by atoms with Crippen LogP contribution in [-0.2, 0) is 42.9 Å². The van der Waals surface area contributed by atoms with Crippen molar-refractivity contribution in [3.8, 4) is 0 Å². The highest BCUT2D eigenvalue weighted by molar-refractivity contribution is 5.96. The second kappa shape index (κ2) is 10.4. The van der Waals surface area contributed by atoms with Crippen LogP contribution in [0, 0.1) is 28.1 Å². The van der Waals surface area contributed by atoms with Crippen molar-refractivity contribution in [3.63, 3.8) is 0 Å². The summed E-state index contributed by atoms with van der Waals surface area (Å²) in [5, 5.41) is 10.1. The van der Waals surface area contributed by atoms with Crippen molar-refractivity contribution in [1.82, 2.24) is 0 Å². The SMILES string of the molecule is C=C(O)O[C@@H](C(=O)OC)C1C(C)(C)C(=O)C=C[C@]1(C)[C@@H]1C(=C)[C@@]23O[C@@H]2C[C@H](c2ccoc2)[C@]3(C)[C@H](OC(C)=O)[C@H]1OC(C)=O. The van der Waals surface area contributed by atoms with Crippen molar-refractivity contribution < 1.29 is 52.4 Å². The van der Waals surface area contributed by atoms with E-state index in [-0.39, 0.29) is 17.8 Å². The number of methoxy groups -OCH3 is 1. The Bertz CT molecular complexity index is 1440. The predicted molar refractivity (Wildman–Crippen MR) is 154 cm³/mol. The average molecular weight is 613 g/mol. The van der Waals surface area contributed by atoms with E-state index in [0.29, 0.717) is 12.0 Å². The minimum atomic E-state index is -1.51. The number of ketones is 1. The number of hydrogen-bond acceptors (Lipinski definition) is 11. The molecule has 1 unspecified atom stereocenters. The first-order valence-electron chi connectivity index (χ1n) is 14.6. The maximum Gasteiger partial charge on any atom is 0.347 e. The Morgan fingerprint density at radius 2 is 1.77 bits per heavy atom. The van der Waals surface area contributed by atoms with E-state index in [1.807, 2.05) is 13.0 Å². The molecule has 4 aliphatic rings. The van der Waals surface area contributed by atoms with Crippen molar-refractivity contribution >= 4 is 23.7 Å². The number of allylic oxidation sites excluding steroid dienone is 2. The topological polar surface area (TPSA) is 151 Å². The molecule has 1 saturated heterocycles. The van der Waals surface area contributed by atoms with Crippen LogP contribution < -0.4 is 0 Å². The van der Waals surface area contributed by atoms with Gasteiger partial charge in [0.25, 0.3) is 5.95 Å². The lowest BCUT2D eigenvalue weighted by Gasteiger charge is -2.60. The van der Waals surface area contributed by atoms with Gasteiger partial charge in [-0.3, -0.25) is 14.4 Å². The molecule has 1 aliphatic heterocycles. The van der Waals surface area contributed by atoms with Gasteiger partial charge in [0.1, 0.15) is 17.8 Å². The van der Waals surface area contributed by atoms with Crippen molar-refractivity contribution in [1.29, 1.82) is 0 Å². The first kappa shape index (κ1) is 31.6. The zero-order valence-corrected chi connectivity index (χ0v) is 26.1. The molecule has 2 heterocycles. The number of ether oxygens (including phenoxy) is 5. The molecule has 0 aromatic carbocycles. The molecule has 11 heteroatoms. The zero-order valence-electron chi connectivity index (χ0n) is 26.1. The molecule has 1 spiro atoms. The highest BCUT2D eigenvalue weighted by atomic mass is 16.6. The molecule has 2 saturated carbocycles. The standard InChI is InChI=1S/C33H40O11/c1-16-24(31(7)12-10-22(37)30(5,6)27(31)26(29(38)39-9)42-18(3)35)25(41-17(2)34)28(43-19(4)36)32(8)21(20-11-13-40-15-20)14-23-33(16,32)44-23/h10-13,15,21,23-28,35H,1,3,14H2,2,4-9H3/t21-,23-,24-,25+,26-,27?,28-,31-,32-,33-/m1/s1. The molecular formula is C33H40O11. The quantitative estimate of drug-likeness (QED) is 0.147. The molecule has 1 aromatic rings. The third-order valence-electron chi connectivity index (χ3n) is 10.7. The summed E-state index contributed by atoms with van der Waals surface area (Å²) in [6.07, 6.45) is 2.88. The molecular weight excluding hydrogens is 572 g/mol. The molecule has 0 amide bonds. The van der Waals surface area contributed by atoms with E-state index in [2.05, 4.69) is 13.2 Å². The number of epoxide rings is 1. The fraction of sp³-hybridized carbons (Fsp3) is 0.576. The van der Waals surface area contributed by atoms with Gasteiger partial charge < -0.3 is 33.2 Å². The number of carbonyl (C=O) groups excluding carboxylic acids is 4. The van der Waals surface area contributed by atoms with Crippen molar-refractivity contribution in [2.75, 3.05) is 7.11 Å². The van der Waals surface area contributed by atoms with Crippen LogP contribution in [0.25, 0.3) is 0 Å². The Kier molecular flexibility index (Phi) is 7.43. The van der Waals surface area contributed by atoms with Crippen LogP contribution in [0.15, 0.2) is 59.8 Å². The van der Waals surface area contributed by atoms with Crippen LogP contribution in [0.1, 0.15) is 59.4 Å². The number of carbonyl (C=O) groups is 4. The minimum absolute atomic E-state index is 0.215. The number of furan rings is 1. The van der Waals surface area contributed by atoms with E-state index >= 15 is 0 Å². The van der Waals surface area contributed by atoms with Gasteiger partial charge in [-0.25, -0.2) is 4.79 Å². The van der Waals surface area contributed by atoms with Crippen LogP contribution in [0.2, 0.25) is 0 Å². The van der Waals surface area contributed by atoms with Crippen molar-refractivity contribution in [2.24, 2.45) is 28.1 Å². The average Bonchev–Trinajstić information content (AvgIpc) is 3.27. The maximum atomic E-state index is 13.4. The number of aliphatic hydroxyl groups is 1. The summed E-state index contributed by atoms with van der Waals surface area (Å²) in [5.74, 6) is -5.21. The number of rotatable bonds is 8. The van der Waals surface area contributed by atoms with E-state index in [4.69, 9.17) is 28.1 Å². The van der Waals surface area contributed by atoms with Crippen LogP contribution in [-0.4, -0.2) is 65.9 Å². The zero-order chi connectivity index (χ0) is 32.6. The first-order valence-corrected chi connectivity index (χ1v) is 14.6. The molecule has 44 heavy (non-hydrogen) atoms. The van der Waals surface area contributed by atoms with Gasteiger partial charge in [-0.2, -0.15) is 0 Å². The number of hydrogen-bond donors (Lipinski definition) is 1. The number of aliphatic hydroxyl groups excluding tert-OH is 1. The summed E-state index contributed by atoms with van der Waals surface area (Å²) in [4.78, 5) is 52.3. The Balaban J connectivity index is 1.77. The van der Waals surface area contributed by atoms with Gasteiger partial charge in [0.15, 0.2) is 5.78 Å². The predicted octanol–water partition coefficient (Wildman–Crippen LogP) is 4.34. The molecule has 0 bridgehead atoms. The van der Waals surface area contributed by atoms with E-state index in [9.17, 15) is 24.3 Å². The molecule has 3 aliphatic carbocycles. The van der Waals surface area contributed by atoms with E-state index in [1.54, 1.807) is 39.4 Å². The van der Waals surface area contributed by atoms with Crippen molar-refractivity contribution in [2.45, 2.75) is 83.9 Å². The molecule has 10 atom stereocenters. The summed E-state index contributed by atoms with van der Waals surface area (Å²) in [7, 11) is 1.17. The summed E-state index contributed by atoms with van der Waals surface area (Å²) >= 11 is 0. The fourth-order valence-electron chi connectivity index (χ4n) is 8.98. The molecule has 0 radical (unpaired) electrons. The van der Waals surface area contributed by atoms with Gasteiger partial charge in [0.2, 0.25) is 6.10 Å². The monoisotopic (exact) mass is 612 g/mol. The Morgan fingerprint density at radius 3 is 2.32 bits per heavy atom. The number of esters is 3. The fourth-order valence-corrected chi connectivity index (χ4v) is 8.98. The van der Waals surface area contributed by atoms with E-state index < -0.39 is 75.8 Å². The smallest absolute Gasteiger partial charge is 0.347 e. The summed E-state index contributed by atoms with van der Waals surface area (Å²) in [6.45, 7) is 17.6. The normalized spacial score (nSPS) is 39.0. The van der Waals surface area contributed by atoms with Crippen LogP contribution in [0.3, 0.4) is 0 Å². The second-order valence-electron chi connectivity index (χ2n) is 13.3. The van der Waals surface area contributed by atoms with E-state index in [1.165, 1.54) is 27.0 Å². The molecule has 11 nitrogen and oxygen atoms in total. The highest BCUT2D eigenvalue weighted by Gasteiger charge is 2.84. The van der Waals surface area contributed by atoms with Crippen LogP contribution in [0.4, 0.5) is 0 Å². The lowest BCUT2D eigenvalue weighted by atomic mass is 9.46. The second-order valence-corrected chi connectivity index (χ2v) is 13.3. The molecule has 3 fully saturated rings. The van der Waals surface area contributed by atoms with Gasteiger partial charge >= 0.3 is 17.9 Å². The maximum absolute atomic E-state index is 13.4. The van der Waals surface area contributed by atoms with Crippen molar-refractivity contribution in [3.05, 3.63) is 61.0 Å². The van der Waals surface area contributed by atoms with E-state index in [0.717, 1.165) is 5.56 Å². The van der Waals surface area contributed by atoms with Gasteiger partial charge in [-0.1, -0.05) is 40.3 Å². The van der Waals surface area contributed by atoms with Gasteiger partial charge in [0.05, 0.1) is 31.2 Å². The molecule has 5 rings (SSSR count). The largest absolute Gasteiger partial charge is 0.481 e. The Morgan fingerprint density at radius 1 is 1.11 bits per heavy atom. The minimum Gasteiger partial charge on any atom is -0.481 e. The summed E-state index contributed by atoms with van der Waals surface area (Å²) in [5.41, 5.74) is -3.03. The Hall–Kier alpha value is -3.86. The molecule has 1 aromatic heterocycles. The van der Waals surface area contributed by atoms with Crippen LogP contribution >= 0.6 is 0 Å². The lowest BCUT2D eigenvalue weighted by molar-refractivity contribution is -0.211. The third-order valence-corrected chi connectivity index (χ3v) is 10.7. The summed E-state index contributed by atoms with van der Waals surface area (Å²) in [6, 6.07) is 1.85. The van der Waals surface area contributed by atoms with Gasteiger partial charge in [0, 0.05) is 42.4 Å². The van der Waals surface area contributed by atoms with Crippen LogP contribution in [0.5, 0.6) is 0 Å². The highest BCUT2D eigenvalue weighted by Crippen LogP contribution is 2.76. The first-order chi connectivity index (χ1) is 20.5. The summed E-state index contributed by atoms with van der Waals surface area (Å²) < 4.78 is 34.8. The lowest BCUT2D eigenvalue weighted by Crippen LogP contribution is -2.67. The van der Waals surface area contributed by atoms with Gasteiger partial charge in [-0.15, -0.1) is 0 Å². The molecule has 238 valence electrons. The van der Waals surface area contributed by atoms with Gasteiger partial charge in [-0.05, 0) is 36.3 Å².